The van der Waals surface area contributed by atoms with Crippen LogP contribution in [0.3, 0.4) is 0 Å². The van der Waals surface area contributed by atoms with Crippen molar-refractivity contribution in [2.45, 2.75) is 13.3 Å². The van der Waals surface area contributed by atoms with Crippen molar-refractivity contribution >= 4 is 5.78 Å². The number of rotatable bonds is 3. The predicted molar refractivity (Wildman–Crippen MR) is 42.6 cm³/mol. The van der Waals surface area contributed by atoms with E-state index in [2.05, 4.69) is 6.58 Å². The fourth-order valence-electron chi connectivity index (χ4n) is 0.944. The maximum Gasteiger partial charge on any atom is 0.188 e. The van der Waals surface area contributed by atoms with Crippen LogP contribution in [0.4, 0.5) is 0 Å². The van der Waals surface area contributed by atoms with E-state index in [0.717, 1.165) is 12.2 Å². The lowest BCUT2D eigenvalue weighted by Crippen LogP contribution is -1.94. The van der Waals surface area contributed by atoms with Gasteiger partial charge in [-0.25, -0.2) is 0 Å². The minimum Gasteiger partial charge on any atom is -0.469 e. The first-order valence-electron chi connectivity index (χ1n) is 3.52. The van der Waals surface area contributed by atoms with Gasteiger partial charge in [0.25, 0.3) is 0 Å². The van der Waals surface area contributed by atoms with Crippen LogP contribution in [-0.4, -0.2) is 5.78 Å². The molecule has 0 unspecified atom stereocenters. The molecule has 0 radical (unpaired) electrons. The molecule has 0 atom stereocenters. The van der Waals surface area contributed by atoms with Crippen LogP contribution in [0, 0.1) is 0 Å². The highest BCUT2D eigenvalue weighted by atomic mass is 16.3. The summed E-state index contributed by atoms with van der Waals surface area (Å²) >= 11 is 0. The van der Waals surface area contributed by atoms with Crippen LogP contribution in [-0.2, 0) is 6.42 Å². The number of furan rings is 1. The number of allylic oxidation sites excluding steroid dienone is 1. The summed E-state index contributed by atoms with van der Waals surface area (Å²) in [6.45, 7) is 5.34. The molecule has 1 heterocycles. The summed E-state index contributed by atoms with van der Waals surface area (Å²) in [6, 6.07) is 1.67. The molecular weight excluding hydrogens is 140 g/mol. The summed E-state index contributed by atoms with van der Waals surface area (Å²) in [5, 5.41) is 0. The third kappa shape index (κ3) is 1.40. The minimum atomic E-state index is -0.0735. The van der Waals surface area contributed by atoms with Gasteiger partial charge in [-0.05, 0) is 12.1 Å². The van der Waals surface area contributed by atoms with Crippen LogP contribution >= 0.6 is 0 Å². The van der Waals surface area contributed by atoms with Gasteiger partial charge in [-0.3, -0.25) is 4.79 Å². The number of carbonyl (C=O) groups excluding carboxylic acids is 1. The van der Waals surface area contributed by atoms with Gasteiger partial charge in [0.05, 0.1) is 11.8 Å². The molecule has 2 heteroatoms. The van der Waals surface area contributed by atoms with Crippen molar-refractivity contribution in [2.75, 3.05) is 0 Å². The van der Waals surface area contributed by atoms with E-state index in [0.29, 0.717) is 5.56 Å². The zero-order chi connectivity index (χ0) is 8.27. The highest BCUT2D eigenvalue weighted by Crippen LogP contribution is 2.11. The highest BCUT2D eigenvalue weighted by molar-refractivity contribution is 6.04. The molecule has 11 heavy (non-hydrogen) atoms. The van der Waals surface area contributed by atoms with Crippen molar-refractivity contribution in [3.63, 3.8) is 0 Å². The molecule has 0 fully saturated rings. The van der Waals surface area contributed by atoms with Gasteiger partial charge < -0.3 is 4.42 Å². The van der Waals surface area contributed by atoms with Gasteiger partial charge in [-0.2, -0.15) is 0 Å². The number of aryl methyl sites for hydroxylation is 1. The fraction of sp³-hybridized carbons (Fsp3) is 0.222. The molecule has 0 aromatic carbocycles. The van der Waals surface area contributed by atoms with E-state index in [9.17, 15) is 4.79 Å². The number of hydrogen-bond acceptors (Lipinski definition) is 2. The van der Waals surface area contributed by atoms with Crippen LogP contribution < -0.4 is 0 Å². The van der Waals surface area contributed by atoms with Crippen LogP contribution in [0.1, 0.15) is 23.0 Å². The van der Waals surface area contributed by atoms with E-state index in [4.69, 9.17) is 4.42 Å². The van der Waals surface area contributed by atoms with Crippen molar-refractivity contribution in [1.29, 1.82) is 0 Å². The second-order valence-corrected chi connectivity index (χ2v) is 2.18. The molecule has 1 aromatic heterocycles. The van der Waals surface area contributed by atoms with Gasteiger partial charge in [0.15, 0.2) is 5.78 Å². The van der Waals surface area contributed by atoms with E-state index in [1.807, 2.05) is 6.92 Å². The highest BCUT2D eigenvalue weighted by Gasteiger charge is 2.08. The first kappa shape index (κ1) is 7.79. The second-order valence-electron chi connectivity index (χ2n) is 2.18. The van der Waals surface area contributed by atoms with Gasteiger partial charge in [0, 0.05) is 6.42 Å². The molecule has 0 amide bonds. The third-order valence-electron chi connectivity index (χ3n) is 1.52. The van der Waals surface area contributed by atoms with Gasteiger partial charge >= 0.3 is 0 Å². The van der Waals surface area contributed by atoms with Crippen LogP contribution in [0.25, 0.3) is 0 Å². The van der Waals surface area contributed by atoms with Gasteiger partial charge in [-0.1, -0.05) is 13.5 Å². The minimum absolute atomic E-state index is 0.0735. The van der Waals surface area contributed by atoms with Crippen LogP contribution in [0.2, 0.25) is 0 Å². The average molecular weight is 150 g/mol. The molecule has 0 saturated carbocycles. The maximum absolute atomic E-state index is 11.1. The third-order valence-corrected chi connectivity index (χ3v) is 1.52. The summed E-state index contributed by atoms with van der Waals surface area (Å²) in [5.74, 6) is 0.658. The Labute approximate surface area is 65.5 Å². The molecule has 2 nitrogen and oxygen atoms in total. The Hall–Kier alpha value is -1.31. The zero-order valence-electron chi connectivity index (χ0n) is 6.46. The maximum atomic E-state index is 11.1. The first-order chi connectivity index (χ1) is 5.29. The number of carbonyl (C=O) groups is 1. The van der Waals surface area contributed by atoms with Crippen LogP contribution in [0.5, 0.6) is 0 Å². The summed E-state index contributed by atoms with van der Waals surface area (Å²) in [7, 11) is 0. The Morgan fingerprint density at radius 1 is 1.82 bits per heavy atom. The lowest BCUT2D eigenvalue weighted by molar-refractivity contribution is 0.104. The smallest absolute Gasteiger partial charge is 0.188 e. The summed E-state index contributed by atoms with van der Waals surface area (Å²) in [6.07, 6.45) is 3.56. The molecule has 0 saturated heterocycles. The second kappa shape index (κ2) is 3.19. The lowest BCUT2D eigenvalue weighted by atomic mass is 10.1. The molecule has 0 bridgehead atoms. The largest absolute Gasteiger partial charge is 0.469 e. The van der Waals surface area contributed by atoms with Crippen LogP contribution in [0.15, 0.2) is 29.4 Å². The number of hydrogen-bond donors (Lipinski definition) is 0. The zero-order valence-corrected chi connectivity index (χ0v) is 6.46. The molecule has 0 spiro atoms. The molecule has 1 rings (SSSR count). The summed E-state index contributed by atoms with van der Waals surface area (Å²) < 4.78 is 5.07. The molecular formula is C9H10O2. The summed E-state index contributed by atoms with van der Waals surface area (Å²) in [5.41, 5.74) is 0.627. The van der Waals surface area contributed by atoms with E-state index in [1.54, 1.807) is 6.07 Å². The molecule has 0 N–H and O–H groups in total. The first-order valence-corrected chi connectivity index (χ1v) is 3.52. The Kier molecular flexibility index (Phi) is 2.26. The predicted octanol–water partition coefficient (Wildman–Crippen LogP) is 2.21. The molecule has 0 aliphatic carbocycles. The standard InChI is InChI=1S/C9H10O2/c1-3-8(10)7-5-6-11-9(7)4-2/h3,5-6H,1,4H2,2H3. The van der Waals surface area contributed by atoms with Gasteiger partial charge in [-0.15, -0.1) is 0 Å². The molecule has 0 aliphatic rings. The fourth-order valence-corrected chi connectivity index (χ4v) is 0.944. The molecule has 58 valence electrons. The van der Waals surface area contributed by atoms with E-state index >= 15 is 0 Å². The van der Waals surface area contributed by atoms with E-state index in [-0.39, 0.29) is 5.78 Å². The Bertz CT molecular complexity index is 271. The quantitative estimate of drug-likeness (QED) is 0.488. The molecule has 1 aromatic rings. The van der Waals surface area contributed by atoms with Crippen molar-refractivity contribution in [3.8, 4) is 0 Å². The average Bonchev–Trinajstić information content (AvgIpc) is 2.50. The van der Waals surface area contributed by atoms with Crippen molar-refractivity contribution < 1.29 is 9.21 Å². The van der Waals surface area contributed by atoms with E-state index < -0.39 is 0 Å². The monoisotopic (exact) mass is 150 g/mol. The van der Waals surface area contributed by atoms with Gasteiger partial charge in [0.1, 0.15) is 5.76 Å². The van der Waals surface area contributed by atoms with Gasteiger partial charge in [0.2, 0.25) is 0 Å². The Balaban J connectivity index is 3.01. The van der Waals surface area contributed by atoms with Crippen molar-refractivity contribution in [1.82, 2.24) is 0 Å². The van der Waals surface area contributed by atoms with E-state index in [1.165, 1.54) is 12.3 Å². The normalized spacial score (nSPS) is 9.55. The lowest BCUT2D eigenvalue weighted by Gasteiger charge is -1.92. The van der Waals surface area contributed by atoms with Crippen molar-refractivity contribution in [2.24, 2.45) is 0 Å². The summed E-state index contributed by atoms with van der Waals surface area (Å²) in [4.78, 5) is 11.1. The topological polar surface area (TPSA) is 30.2 Å². The Morgan fingerprint density at radius 3 is 3.09 bits per heavy atom. The van der Waals surface area contributed by atoms with Crippen molar-refractivity contribution in [3.05, 3.63) is 36.3 Å². The number of ketones is 1. The Morgan fingerprint density at radius 2 is 2.55 bits per heavy atom. The SMILES string of the molecule is C=CC(=O)c1ccoc1CC. The molecule has 0 aliphatic heterocycles.